The molecule has 0 atom stereocenters. The Morgan fingerprint density at radius 3 is 2.15 bits per heavy atom. The highest BCUT2D eigenvalue weighted by Crippen LogP contribution is 2.38. The van der Waals surface area contributed by atoms with E-state index in [1.807, 2.05) is 66.9 Å². The molecule has 0 saturated heterocycles. The minimum absolute atomic E-state index is 0.603. The van der Waals surface area contributed by atoms with Gasteiger partial charge in [0.1, 0.15) is 11.2 Å². The van der Waals surface area contributed by atoms with Crippen LogP contribution in [0.1, 0.15) is 0 Å². The molecule has 0 aliphatic rings. The zero-order valence-electron chi connectivity index (χ0n) is 20.7. The first-order valence-electron chi connectivity index (χ1n) is 12.8. The van der Waals surface area contributed by atoms with Crippen LogP contribution in [0.4, 0.5) is 0 Å². The molecule has 5 heteroatoms. The van der Waals surface area contributed by atoms with Gasteiger partial charge < -0.3 is 4.42 Å². The van der Waals surface area contributed by atoms with Gasteiger partial charge in [-0.25, -0.2) is 15.0 Å². The predicted molar refractivity (Wildman–Crippen MR) is 156 cm³/mol. The molecule has 0 N–H and O–H groups in total. The second-order valence-electron chi connectivity index (χ2n) is 9.59. The molecule has 0 spiro atoms. The molecule has 0 aliphatic carbocycles. The Morgan fingerprint density at radius 1 is 0.487 bits per heavy atom. The summed E-state index contributed by atoms with van der Waals surface area (Å²) in [6, 6.07) is 36.9. The summed E-state index contributed by atoms with van der Waals surface area (Å²) in [6.45, 7) is 0. The Kier molecular flexibility index (Phi) is 4.76. The highest BCUT2D eigenvalue weighted by molar-refractivity contribution is 6.15. The van der Waals surface area contributed by atoms with Gasteiger partial charge in [0.2, 0.25) is 0 Å². The van der Waals surface area contributed by atoms with Crippen LogP contribution in [0, 0.1) is 0 Å². The number of fused-ring (bicyclic) bond motifs is 5. The van der Waals surface area contributed by atoms with Crippen molar-refractivity contribution in [3.05, 3.63) is 122 Å². The summed E-state index contributed by atoms with van der Waals surface area (Å²) in [4.78, 5) is 19.2. The van der Waals surface area contributed by atoms with Crippen molar-refractivity contribution in [3.63, 3.8) is 0 Å². The van der Waals surface area contributed by atoms with Crippen LogP contribution in [0.15, 0.2) is 126 Å². The van der Waals surface area contributed by atoms with Gasteiger partial charge in [-0.05, 0) is 46.5 Å². The maximum absolute atomic E-state index is 6.31. The summed E-state index contributed by atoms with van der Waals surface area (Å²) in [6.07, 6.45) is 3.68. The van der Waals surface area contributed by atoms with Crippen LogP contribution >= 0.6 is 0 Å². The summed E-state index contributed by atoms with van der Waals surface area (Å²) in [5.41, 5.74) is 4.39. The molecule has 8 aromatic rings. The molecule has 0 saturated carbocycles. The molecule has 5 aromatic carbocycles. The minimum atomic E-state index is 0.603. The fourth-order valence-electron chi connectivity index (χ4n) is 5.26. The van der Waals surface area contributed by atoms with E-state index in [0.29, 0.717) is 17.5 Å². The lowest BCUT2D eigenvalue weighted by Gasteiger charge is -2.10. The molecule has 0 fully saturated rings. The average molecular weight is 501 g/mol. The smallest absolute Gasteiger partial charge is 0.164 e. The van der Waals surface area contributed by atoms with Gasteiger partial charge in [-0.3, -0.25) is 4.98 Å². The van der Waals surface area contributed by atoms with Crippen LogP contribution in [0.5, 0.6) is 0 Å². The van der Waals surface area contributed by atoms with E-state index < -0.39 is 0 Å². The number of nitrogens with zero attached hydrogens (tertiary/aromatic N) is 4. The lowest BCUT2D eigenvalue weighted by atomic mass is 10.0. The summed E-state index contributed by atoms with van der Waals surface area (Å²) in [5.74, 6) is 1.86. The lowest BCUT2D eigenvalue weighted by Crippen LogP contribution is -2.00. The maximum Gasteiger partial charge on any atom is 0.164 e. The molecule has 0 radical (unpaired) electrons. The molecule has 3 heterocycles. The second kappa shape index (κ2) is 8.57. The van der Waals surface area contributed by atoms with Crippen molar-refractivity contribution in [2.45, 2.75) is 0 Å². The van der Waals surface area contributed by atoms with Crippen LogP contribution in [-0.4, -0.2) is 19.9 Å². The third-order valence-corrected chi connectivity index (χ3v) is 7.17. The van der Waals surface area contributed by atoms with Crippen LogP contribution in [0.25, 0.3) is 77.6 Å². The second-order valence-corrected chi connectivity index (χ2v) is 9.59. The van der Waals surface area contributed by atoms with Crippen molar-refractivity contribution in [1.82, 2.24) is 19.9 Å². The first-order valence-corrected chi connectivity index (χ1v) is 12.8. The summed E-state index contributed by atoms with van der Waals surface area (Å²) >= 11 is 0. The third-order valence-electron chi connectivity index (χ3n) is 7.17. The van der Waals surface area contributed by atoms with Gasteiger partial charge in [0.25, 0.3) is 0 Å². The molecular formula is C34H20N4O. The van der Waals surface area contributed by atoms with Crippen molar-refractivity contribution >= 4 is 43.5 Å². The Morgan fingerprint density at radius 2 is 1.26 bits per heavy atom. The molecule has 39 heavy (non-hydrogen) atoms. The van der Waals surface area contributed by atoms with Crippen molar-refractivity contribution < 1.29 is 4.42 Å². The Hall–Kier alpha value is -5.42. The normalized spacial score (nSPS) is 11.6. The molecule has 182 valence electrons. The van der Waals surface area contributed by atoms with Crippen molar-refractivity contribution in [2.24, 2.45) is 0 Å². The van der Waals surface area contributed by atoms with E-state index in [2.05, 4.69) is 53.5 Å². The van der Waals surface area contributed by atoms with Crippen molar-refractivity contribution in [2.75, 3.05) is 0 Å². The minimum Gasteiger partial charge on any atom is -0.456 e. The quantitative estimate of drug-likeness (QED) is 0.243. The molecule has 8 rings (SSSR count). The molecule has 0 unspecified atom stereocenters. The monoisotopic (exact) mass is 500 g/mol. The third kappa shape index (κ3) is 3.63. The number of benzene rings is 5. The van der Waals surface area contributed by atoms with Gasteiger partial charge in [-0.15, -0.1) is 0 Å². The first kappa shape index (κ1) is 21.6. The highest BCUT2D eigenvalue weighted by atomic mass is 16.3. The number of rotatable bonds is 3. The van der Waals surface area contributed by atoms with E-state index >= 15 is 0 Å². The number of aromatic nitrogens is 4. The SMILES string of the molecule is c1ccc(-c2nc(-c3ccc4ccccc4c3)nc(-c3cccc4oc5cc6ccncc6cc5c34)n2)cc1. The van der Waals surface area contributed by atoms with Crippen LogP contribution < -0.4 is 0 Å². The number of hydrogen-bond donors (Lipinski definition) is 0. The Bertz CT molecular complexity index is 2180. The fourth-order valence-corrected chi connectivity index (χ4v) is 5.26. The van der Waals surface area contributed by atoms with Crippen LogP contribution in [0.3, 0.4) is 0 Å². The van der Waals surface area contributed by atoms with Crippen LogP contribution in [0.2, 0.25) is 0 Å². The summed E-state index contributed by atoms with van der Waals surface area (Å²) in [7, 11) is 0. The average Bonchev–Trinajstić information content (AvgIpc) is 3.37. The van der Waals surface area contributed by atoms with Crippen molar-refractivity contribution in [1.29, 1.82) is 0 Å². The van der Waals surface area contributed by atoms with Gasteiger partial charge in [-0.2, -0.15) is 0 Å². The van der Waals surface area contributed by atoms with E-state index in [4.69, 9.17) is 19.4 Å². The number of hydrogen-bond acceptors (Lipinski definition) is 5. The molecule has 3 aromatic heterocycles. The zero-order chi connectivity index (χ0) is 25.8. The van der Waals surface area contributed by atoms with E-state index in [1.165, 1.54) is 5.39 Å². The van der Waals surface area contributed by atoms with E-state index in [0.717, 1.165) is 54.8 Å². The van der Waals surface area contributed by atoms with Gasteiger partial charge in [-0.1, -0.05) is 78.9 Å². The van der Waals surface area contributed by atoms with E-state index in [-0.39, 0.29) is 0 Å². The fraction of sp³-hybridized carbons (Fsp3) is 0. The Labute approximate surface area is 223 Å². The largest absolute Gasteiger partial charge is 0.456 e. The van der Waals surface area contributed by atoms with Gasteiger partial charge >= 0.3 is 0 Å². The highest BCUT2D eigenvalue weighted by Gasteiger charge is 2.18. The number of pyridine rings is 1. The van der Waals surface area contributed by atoms with Crippen molar-refractivity contribution in [3.8, 4) is 34.2 Å². The molecular weight excluding hydrogens is 480 g/mol. The maximum atomic E-state index is 6.31. The summed E-state index contributed by atoms with van der Waals surface area (Å²) < 4.78 is 6.31. The molecule has 0 amide bonds. The van der Waals surface area contributed by atoms with Gasteiger partial charge in [0.15, 0.2) is 17.5 Å². The molecule has 0 bridgehead atoms. The van der Waals surface area contributed by atoms with Gasteiger partial charge in [0, 0.05) is 45.2 Å². The molecule has 0 aliphatic heterocycles. The van der Waals surface area contributed by atoms with E-state index in [1.54, 1.807) is 6.20 Å². The lowest BCUT2D eigenvalue weighted by molar-refractivity contribution is 0.669. The predicted octanol–water partition coefficient (Wildman–Crippen LogP) is 8.47. The number of furan rings is 1. The topological polar surface area (TPSA) is 64.7 Å². The standard InChI is InChI=1S/C34H20N4O/c1-2-8-22(9-3-1)32-36-33(25-14-13-21-7-4-5-10-23(21)17-25)38-34(37-32)27-11-6-12-29-31(27)28-18-26-20-35-16-15-24(26)19-30(28)39-29/h1-20H. The first-order chi connectivity index (χ1) is 19.3. The summed E-state index contributed by atoms with van der Waals surface area (Å²) in [5, 5.41) is 6.45. The van der Waals surface area contributed by atoms with Gasteiger partial charge in [0.05, 0.1) is 0 Å². The van der Waals surface area contributed by atoms with E-state index in [9.17, 15) is 0 Å². The Balaban J connectivity index is 1.41. The van der Waals surface area contributed by atoms with Crippen LogP contribution in [-0.2, 0) is 0 Å². The molecule has 5 nitrogen and oxygen atoms in total. The zero-order valence-corrected chi connectivity index (χ0v) is 20.7.